The minimum absolute atomic E-state index is 0.132. The second-order valence-electron chi connectivity index (χ2n) is 6.20. The van der Waals surface area contributed by atoms with E-state index in [0.717, 1.165) is 15.4 Å². The van der Waals surface area contributed by atoms with E-state index in [1.807, 2.05) is 39.0 Å². The molecule has 0 saturated carbocycles. The minimum atomic E-state index is -3.77. The first-order chi connectivity index (χ1) is 12.8. The van der Waals surface area contributed by atoms with Gasteiger partial charge in [0.25, 0.3) is 0 Å². The van der Waals surface area contributed by atoms with Crippen molar-refractivity contribution in [3.05, 3.63) is 53.6 Å². The third-order valence-electron chi connectivity index (χ3n) is 4.10. The van der Waals surface area contributed by atoms with Crippen molar-refractivity contribution in [3.8, 4) is 5.75 Å². The Morgan fingerprint density at radius 3 is 2.30 bits per heavy atom. The molecule has 7 heteroatoms. The monoisotopic (exact) mass is 390 g/mol. The molecule has 0 spiro atoms. The van der Waals surface area contributed by atoms with Crippen LogP contribution in [0.4, 0.5) is 5.69 Å². The van der Waals surface area contributed by atoms with Gasteiger partial charge < -0.3 is 10.1 Å². The summed E-state index contributed by atoms with van der Waals surface area (Å²) in [5, 5.41) is 2.79. The van der Waals surface area contributed by atoms with Crippen molar-refractivity contribution in [1.29, 1.82) is 0 Å². The van der Waals surface area contributed by atoms with Gasteiger partial charge >= 0.3 is 0 Å². The fourth-order valence-corrected chi connectivity index (χ4v) is 4.10. The van der Waals surface area contributed by atoms with E-state index >= 15 is 0 Å². The summed E-state index contributed by atoms with van der Waals surface area (Å²) < 4.78 is 32.2. The van der Waals surface area contributed by atoms with Crippen LogP contribution in [-0.4, -0.2) is 38.3 Å². The van der Waals surface area contributed by atoms with Crippen molar-refractivity contribution >= 4 is 21.6 Å². The first-order valence-corrected chi connectivity index (χ1v) is 10.3. The minimum Gasteiger partial charge on any atom is -0.494 e. The lowest BCUT2D eigenvalue weighted by atomic mass is 10.1. The predicted molar refractivity (Wildman–Crippen MR) is 107 cm³/mol. The highest BCUT2D eigenvalue weighted by molar-refractivity contribution is 7.89. The number of likely N-dealkylation sites (N-methyl/N-ethyl adjacent to an activating group) is 1. The van der Waals surface area contributed by atoms with Gasteiger partial charge in [0.2, 0.25) is 15.9 Å². The number of ether oxygens (including phenoxy) is 1. The molecular formula is C20H26N2O4S. The van der Waals surface area contributed by atoms with E-state index in [1.54, 1.807) is 19.1 Å². The van der Waals surface area contributed by atoms with Gasteiger partial charge in [-0.1, -0.05) is 24.6 Å². The number of benzene rings is 2. The lowest BCUT2D eigenvalue weighted by Gasteiger charge is -2.20. The van der Waals surface area contributed by atoms with E-state index in [-0.39, 0.29) is 23.9 Å². The van der Waals surface area contributed by atoms with Gasteiger partial charge in [-0.2, -0.15) is 4.31 Å². The van der Waals surface area contributed by atoms with E-state index in [0.29, 0.717) is 18.0 Å². The van der Waals surface area contributed by atoms with Crippen LogP contribution in [0.15, 0.2) is 47.4 Å². The molecule has 0 fully saturated rings. The zero-order chi connectivity index (χ0) is 20.0. The fraction of sp³-hybridized carbons (Fsp3) is 0.350. The van der Waals surface area contributed by atoms with Gasteiger partial charge in [0, 0.05) is 12.2 Å². The van der Waals surface area contributed by atoms with E-state index in [2.05, 4.69) is 5.32 Å². The molecular weight excluding hydrogens is 364 g/mol. The largest absolute Gasteiger partial charge is 0.494 e. The van der Waals surface area contributed by atoms with Crippen LogP contribution in [0.2, 0.25) is 0 Å². The van der Waals surface area contributed by atoms with Crippen LogP contribution < -0.4 is 10.1 Å². The second kappa shape index (κ2) is 9.01. The lowest BCUT2D eigenvalue weighted by molar-refractivity contribution is -0.116. The summed E-state index contributed by atoms with van der Waals surface area (Å²) in [5.41, 5.74) is 2.71. The van der Waals surface area contributed by atoms with Gasteiger partial charge in [-0.15, -0.1) is 0 Å². The number of anilines is 1. The number of aryl methyl sites for hydroxylation is 2. The van der Waals surface area contributed by atoms with Crippen LogP contribution in [-0.2, 0) is 14.8 Å². The summed E-state index contributed by atoms with van der Waals surface area (Å²) in [6, 6.07) is 11.9. The lowest BCUT2D eigenvalue weighted by Crippen LogP contribution is -2.37. The first-order valence-electron chi connectivity index (χ1n) is 8.88. The maximum absolute atomic E-state index is 12.8. The van der Waals surface area contributed by atoms with Crippen LogP contribution in [0.25, 0.3) is 0 Å². The zero-order valence-corrected chi connectivity index (χ0v) is 17.0. The second-order valence-corrected chi connectivity index (χ2v) is 8.14. The van der Waals surface area contributed by atoms with Gasteiger partial charge in [0.05, 0.1) is 18.0 Å². The molecule has 0 heterocycles. The zero-order valence-electron chi connectivity index (χ0n) is 16.2. The molecule has 1 N–H and O–H groups in total. The number of amides is 1. The highest BCUT2D eigenvalue weighted by atomic mass is 32.2. The van der Waals surface area contributed by atoms with E-state index in [9.17, 15) is 13.2 Å². The first kappa shape index (κ1) is 20.9. The SMILES string of the molecule is CCOc1ccc(S(=O)(=O)N(CC)CC(=O)Nc2ccc(C)cc2C)cc1. The van der Waals surface area contributed by atoms with Crippen molar-refractivity contribution in [3.63, 3.8) is 0 Å². The average Bonchev–Trinajstić information content (AvgIpc) is 2.62. The Kier molecular flexibility index (Phi) is 6.98. The molecule has 2 rings (SSSR count). The van der Waals surface area contributed by atoms with E-state index in [1.165, 1.54) is 12.1 Å². The molecule has 0 saturated heterocycles. The molecule has 0 aliphatic rings. The summed E-state index contributed by atoms with van der Waals surface area (Å²) in [7, 11) is -3.77. The molecule has 2 aromatic carbocycles. The summed E-state index contributed by atoms with van der Waals surface area (Å²) in [6.07, 6.45) is 0. The molecule has 0 radical (unpaired) electrons. The quantitative estimate of drug-likeness (QED) is 0.750. The molecule has 0 aliphatic carbocycles. The summed E-state index contributed by atoms with van der Waals surface area (Å²) in [6.45, 7) is 7.88. The van der Waals surface area contributed by atoms with Crippen LogP contribution in [0.5, 0.6) is 5.75 Å². The highest BCUT2D eigenvalue weighted by Gasteiger charge is 2.25. The van der Waals surface area contributed by atoms with Crippen molar-refractivity contribution in [1.82, 2.24) is 4.31 Å². The van der Waals surface area contributed by atoms with Crippen LogP contribution in [0, 0.1) is 13.8 Å². The van der Waals surface area contributed by atoms with Crippen LogP contribution in [0.1, 0.15) is 25.0 Å². The third kappa shape index (κ3) is 5.30. The molecule has 0 aliphatic heterocycles. The number of hydrogen-bond acceptors (Lipinski definition) is 4. The molecule has 27 heavy (non-hydrogen) atoms. The normalized spacial score (nSPS) is 11.4. The Balaban J connectivity index is 2.13. The van der Waals surface area contributed by atoms with E-state index in [4.69, 9.17) is 4.74 Å². The van der Waals surface area contributed by atoms with E-state index < -0.39 is 10.0 Å². The molecule has 2 aromatic rings. The molecule has 146 valence electrons. The average molecular weight is 391 g/mol. The number of nitrogens with one attached hydrogen (secondary N) is 1. The molecule has 0 atom stereocenters. The Bertz CT molecular complexity index is 893. The van der Waals surface area contributed by atoms with Crippen molar-refractivity contribution in [2.45, 2.75) is 32.6 Å². The Morgan fingerprint density at radius 2 is 1.74 bits per heavy atom. The highest BCUT2D eigenvalue weighted by Crippen LogP contribution is 2.20. The summed E-state index contributed by atoms with van der Waals surface area (Å²) >= 11 is 0. The number of hydrogen-bond donors (Lipinski definition) is 1. The summed E-state index contributed by atoms with van der Waals surface area (Å²) in [5.74, 6) is 0.227. The van der Waals surface area contributed by atoms with Crippen molar-refractivity contribution < 1.29 is 17.9 Å². The topological polar surface area (TPSA) is 75.7 Å². The van der Waals surface area contributed by atoms with Gasteiger partial charge in [0.15, 0.2) is 0 Å². The Labute approximate surface area is 161 Å². The van der Waals surface area contributed by atoms with Gasteiger partial charge in [0.1, 0.15) is 5.75 Å². The smallest absolute Gasteiger partial charge is 0.243 e. The maximum atomic E-state index is 12.8. The number of rotatable bonds is 8. The number of sulfonamides is 1. The third-order valence-corrected chi connectivity index (χ3v) is 6.04. The summed E-state index contributed by atoms with van der Waals surface area (Å²) in [4.78, 5) is 12.5. The Morgan fingerprint density at radius 1 is 1.07 bits per heavy atom. The number of carbonyl (C=O) groups excluding carboxylic acids is 1. The van der Waals surface area contributed by atoms with Crippen LogP contribution >= 0.6 is 0 Å². The van der Waals surface area contributed by atoms with Gasteiger partial charge in [-0.3, -0.25) is 4.79 Å². The van der Waals surface area contributed by atoms with Crippen molar-refractivity contribution in [2.75, 3.05) is 25.0 Å². The molecule has 0 aromatic heterocycles. The van der Waals surface area contributed by atoms with Gasteiger partial charge in [-0.25, -0.2) is 8.42 Å². The Hall–Kier alpha value is -2.38. The van der Waals surface area contributed by atoms with Gasteiger partial charge in [-0.05, 0) is 56.7 Å². The standard InChI is InChI=1S/C20H26N2O4S/c1-5-22(14-20(23)21-19-12-7-15(3)13-16(19)4)27(24,25)18-10-8-17(9-11-18)26-6-2/h7-13H,5-6,14H2,1-4H3,(H,21,23). The predicted octanol–water partition coefficient (Wildman–Crippen LogP) is 3.35. The molecule has 0 bridgehead atoms. The maximum Gasteiger partial charge on any atom is 0.243 e. The van der Waals surface area contributed by atoms with Crippen molar-refractivity contribution in [2.24, 2.45) is 0 Å². The molecule has 1 amide bonds. The molecule has 0 unspecified atom stereocenters. The number of nitrogens with zero attached hydrogens (tertiary/aromatic N) is 1. The number of carbonyl (C=O) groups is 1. The fourth-order valence-electron chi connectivity index (χ4n) is 2.69. The van der Waals surface area contributed by atoms with Crippen LogP contribution in [0.3, 0.4) is 0 Å². The molecule has 6 nitrogen and oxygen atoms in total.